The molecule has 0 unspecified atom stereocenters. The Bertz CT molecular complexity index is 531. The molecule has 3 rings (SSSR count). The van der Waals surface area contributed by atoms with E-state index >= 15 is 0 Å². The summed E-state index contributed by atoms with van der Waals surface area (Å²) >= 11 is 0. The van der Waals surface area contributed by atoms with Gasteiger partial charge < -0.3 is 10.1 Å². The molecule has 100 valence electrons. The number of hydrogen-bond acceptors (Lipinski definition) is 4. The molecule has 0 saturated heterocycles. The molecule has 0 spiro atoms. The van der Waals surface area contributed by atoms with Crippen LogP contribution in [0.5, 0.6) is 5.75 Å². The van der Waals surface area contributed by atoms with Gasteiger partial charge in [-0.1, -0.05) is 12.1 Å². The van der Waals surface area contributed by atoms with Crippen molar-refractivity contribution in [2.24, 2.45) is 7.05 Å². The van der Waals surface area contributed by atoms with Crippen LogP contribution in [0.3, 0.4) is 0 Å². The minimum atomic E-state index is 0.441. The molecule has 1 saturated carbocycles. The molecule has 0 atom stereocenters. The average molecular weight is 258 g/mol. The van der Waals surface area contributed by atoms with E-state index in [1.807, 2.05) is 19.2 Å². The molecule has 1 aromatic carbocycles. The van der Waals surface area contributed by atoms with Crippen LogP contribution in [-0.2, 0) is 20.2 Å². The summed E-state index contributed by atoms with van der Waals surface area (Å²) in [7, 11) is 1.86. The van der Waals surface area contributed by atoms with Crippen molar-refractivity contribution in [3.63, 3.8) is 0 Å². The number of nitrogens with zero attached hydrogens (tertiary/aromatic N) is 3. The lowest BCUT2D eigenvalue weighted by Crippen LogP contribution is -2.15. The maximum Gasteiger partial charge on any atom is 0.164 e. The van der Waals surface area contributed by atoms with Crippen LogP contribution in [0.1, 0.15) is 24.2 Å². The average Bonchev–Trinajstić information content (AvgIpc) is 3.18. The van der Waals surface area contributed by atoms with E-state index in [-0.39, 0.29) is 0 Å². The lowest BCUT2D eigenvalue weighted by Gasteiger charge is -2.07. The van der Waals surface area contributed by atoms with Crippen molar-refractivity contribution in [2.75, 3.05) is 0 Å². The van der Waals surface area contributed by atoms with Gasteiger partial charge in [0.2, 0.25) is 0 Å². The van der Waals surface area contributed by atoms with Crippen molar-refractivity contribution >= 4 is 0 Å². The van der Waals surface area contributed by atoms with Crippen LogP contribution in [-0.4, -0.2) is 20.8 Å². The molecule has 0 aliphatic heterocycles. The summed E-state index contributed by atoms with van der Waals surface area (Å²) in [6, 6.07) is 8.94. The number of benzene rings is 1. The van der Waals surface area contributed by atoms with Crippen LogP contribution < -0.4 is 10.1 Å². The molecule has 1 aliphatic carbocycles. The van der Waals surface area contributed by atoms with Gasteiger partial charge in [-0.05, 0) is 30.5 Å². The Morgan fingerprint density at radius 1 is 1.32 bits per heavy atom. The Labute approximate surface area is 112 Å². The van der Waals surface area contributed by atoms with Crippen molar-refractivity contribution in [1.29, 1.82) is 0 Å². The molecule has 1 heterocycles. The first-order chi connectivity index (χ1) is 9.31. The third-order valence-electron chi connectivity index (χ3n) is 3.27. The zero-order chi connectivity index (χ0) is 13.1. The molecule has 1 aliphatic rings. The normalized spacial score (nSPS) is 14.6. The fraction of sp³-hybridized carbons (Fsp3) is 0.429. The highest BCUT2D eigenvalue weighted by Crippen LogP contribution is 2.20. The molecule has 1 N–H and O–H groups in total. The van der Waals surface area contributed by atoms with E-state index in [0.717, 1.165) is 24.2 Å². The number of nitrogens with one attached hydrogen (secondary N) is 1. The summed E-state index contributed by atoms with van der Waals surface area (Å²) in [5.41, 5.74) is 1.29. The second-order valence-electron chi connectivity index (χ2n) is 4.89. The summed E-state index contributed by atoms with van der Waals surface area (Å²) in [6.45, 7) is 1.38. The van der Waals surface area contributed by atoms with Crippen LogP contribution in [0.15, 0.2) is 30.6 Å². The summed E-state index contributed by atoms with van der Waals surface area (Å²) in [6.07, 6.45) is 4.17. The van der Waals surface area contributed by atoms with E-state index in [9.17, 15) is 0 Å². The third-order valence-corrected chi connectivity index (χ3v) is 3.27. The first kappa shape index (κ1) is 12.2. The number of rotatable bonds is 6. The summed E-state index contributed by atoms with van der Waals surface area (Å²) in [5.74, 6) is 1.68. The summed E-state index contributed by atoms with van der Waals surface area (Å²) in [4.78, 5) is 4.12. The first-order valence-electron chi connectivity index (χ1n) is 6.59. The van der Waals surface area contributed by atoms with E-state index in [0.29, 0.717) is 6.61 Å². The minimum Gasteiger partial charge on any atom is -0.486 e. The van der Waals surface area contributed by atoms with Gasteiger partial charge in [-0.2, -0.15) is 5.10 Å². The van der Waals surface area contributed by atoms with Gasteiger partial charge in [0.25, 0.3) is 0 Å². The highest BCUT2D eigenvalue weighted by atomic mass is 16.5. The fourth-order valence-corrected chi connectivity index (χ4v) is 1.85. The molecule has 1 aromatic heterocycles. The zero-order valence-electron chi connectivity index (χ0n) is 11.0. The largest absolute Gasteiger partial charge is 0.486 e. The second kappa shape index (κ2) is 5.40. The molecular weight excluding hydrogens is 240 g/mol. The van der Waals surface area contributed by atoms with Crippen molar-refractivity contribution in [3.05, 3.63) is 42.0 Å². The van der Waals surface area contributed by atoms with Gasteiger partial charge in [-0.25, -0.2) is 4.98 Å². The highest BCUT2D eigenvalue weighted by molar-refractivity contribution is 5.27. The number of hydrogen-bond donors (Lipinski definition) is 1. The van der Waals surface area contributed by atoms with Gasteiger partial charge in [0.15, 0.2) is 5.82 Å². The van der Waals surface area contributed by atoms with Crippen LogP contribution in [0, 0.1) is 0 Å². The monoisotopic (exact) mass is 258 g/mol. The standard InChI is InChI=1S/C14H18N4O/c1-18-14(16-10-17-18)9-19-13-6-2-11(3-7-13)8-15-12-4-5-12/h2-3,6-7,10,12,15H,4-5,8-9H2,1H3. The van der Waals surface area contributed by atoms with Crippen LogP contribution in [0.25, 0.3) is 0 Å². The second-order valence-corrected chi connectivity index (χ2v) is 4.89. The van der Waals surface area contributed by atoms with Crippen molar-refractivity contribution < 1.29 is 4.74 Å². The minimum absolute atomic E-state index is 0.441. The van der Waals surface area contributed by atoms with Crippen LogP contribution in [0.4, 0.5) is 0 Å². The molecule has 1 fully saturated rings. The molecular formula is C14H18N4O. The third kappa shape index (κ3) is 3.32. The Kier molecular flexibility index (Phi) is 3.46. The molecule has 0 radical (unpaired) electrons. The van der Waals surface area contributed by atoms with E-state index in [4.69, 9.17) is 4.74 Å². The Hall–Kier alpha value is -1.88. The van der Waals surface area contributed by atoms with E-state index in [2.05, 4.69) is 27.5 Å². The summed E-state index contributed by atoms with van der Waals surface area (Å²) < 4.78 is 7.40. The SMILES string of the molecule is Cn1ncnc1COc1ccc(CNC2CC2)cc1. The number of aryl methyl sites for hydroxylation is 1. The molecule has 0 bridgehead atoms. The van der Waals surface area contributed by atoms with Crippen molar-refractivity contribution in [3.8, 4) is 5.75 Å². The van der Waals surface area contributed by atoms with Crippen LogP contribution >= 0.6 is 0 Å². The molecule has 0 amide bonds. The van der Waals surface area contributed by atoms with Crippen molar-refractivity contribution in [2.45, 2.75) is 32.0 Å². The maximum absolute atomic E-state index is 5.68. The van der Waals surface area contributed by atoms with Gasteiger partial charge in [0, 0.05) is 19.6 Å². The van der Waals surface area contributed by atoms with Gasteiger partial charge in [0.05, 0.1) is 0 Å². The zero-order valence-corrected chi connectivity index (χ0v) is 11.0. The first-order valence-corrected chi connectivity index (χ1v) is 6.59. The topological polar surface area (TPSA) is 52.0 Å². The van der Waals surface area contributed by atoms with Gasteiger partial charge in [-0.15, -0.1) is 0 Å². The number of aromatic nitrogens is 3. The molecule has 5 nitrogen and oxygen atoms in total. The van der Waals surface area contributed by atoms with Gasteiger partial charge in [-0.3, -0.25) is 4.68 Å². The fourth-order valence-electron chi connectivity index (χ4n) is 1.85. The van der Waals surface area contributed by atoms with E-state index in [1.54, 1.807) is 4.68 Å². The van der Waals surface area contributed by atoms with Gasteiger partial charge in [0.1, 0.15) is 18.7 Å². The predicted octanol–water partition coefficient (Wildman–Crippen LogP) is 1.65. The Morgan fingerprint density at radius 2 is 2.11 bits per heavy atom. The maximum atomic E-state index is 5.68. The molecule has 2 aromatic rings. The smallest absolute Gasteiger partial charge is 0.164 e. The summed E-state index contributed by atoms with van der Waals surface area (Å²) in [5, 5.41) is 7.50. The lowest BCUT2D eigenvalue weighted by molar-refractivity contribution is 0.289. The molecule has 5 heteroatoms. The Balaban J connectivity index is 1.52. The van der Waals surface area contributed by atoms with Gasteiger partial charge >= 0.3 is 0 Å². The lowest BCUT2D eigenvalue weighted by atomic mass is 10.2. The Morgan fingerprint density at radius 3 is 2.74 bits per heavy atom. The van der Waals surface area contributed by atoms with E-state index in [1.165, 1.54) is 24.7 Å². The predicted molar refractivity (Wildman–Crippen MR) is 71.6 cm³/mol. The molecule has 19 heavy (non-hydrogen) atoms. The highest BCUT2D eigenvalue weighted by Gasteiger charge is 2.19. The van der Waals surface area contributed by atoms with Crippen LogP contribution in [0.2, 0.25) is 0 Å². The number of ether oxygens (including phenoxy) is 1. The van der Waals surface area contributed by atoms with Crippen molar-refractivity contribution in [1.82, 2.24) is 20.1 Å². The van der Waals surface area contributed by atoms with E-state index < -0.39 is 0 Å². The quantitative estimate of drug-likeness (QED) is 0.856.